The Morgan fingerprint density at radius 2 is 2.05 bits per heavy atom. The van der Waals surface area contributed by atoms with Crippen LogP contribution in [-0.2, 0) is 10.0 Å². The first-order valence-electron chi connectivity index (χ1n) is 6.42. The number of benzene rings is 1. The van der Waals surface area contributed by atoms with Crippen molar-refractivity contribution in [2.45, 2.75) is 30.3 Å². The Morgan fingerprint density at radius 1 is 1.38 bits per heavy atom. The highest BCUT2D eigenvalue weighted by Crippen LogP contribution is 2.28. The van der Waals surface area contributed by atoms with E-state index < -0.39 is 32.9 Å². The highest BCUT2D eigenvalue weighted by Gasteiger charge is 2.35. The topological polar surface area (TPSA) is 115 Å². The highest BCUT2D eigenvalue weighted by atomic mass is 32.2. The maximum absolute atomic E-state index is 12.5. The van der Waals surface area contributed by atoms with Gasteiger partial charge in [0.15, 0.2) is 0 Å². The largest absolute Gasteiger partial charge is 0.507 e. The number of carboxylic acid groups (broad SMARTS) is 1. The maximum Gasteiger partial charge on any atom is 0.339 e. The van der Waals surface area contributed by atoms with E-state index in [0.717, 1.165) is 22.5 Å². The number of nitrogens with zero attached hydrogens (tertiary/aromatic N) is 1. The van der Waals surface area contributed by atoms with Crippen molar-refractivity contribution in [1.29, 1.82) is 0 Å². The average molecular weight is 315 g/mol. The van der Waals surface area contributed by atoms with Crippen molar-refractivity contribution in [3.05, 3.63) is 23.8 Å². The molecule has 7 nitrogen and oxygen atoms in total. The third-order valence-electron chi connectivity index (χ3n) is 3.48. The van der Waals surface area contributed by atoms with Crippen LogP contribution >= 0.6 is 0 Å². The summed E-state index contributed by atoms with van der Waals surface area (Å²) >= 11 is 0. The second-order valence-electron chi connectivity index (χ2n) is 5.42. The second kappa shape index (κ2) is 5.28. The molecule has 0 bridgehead atoms. The molecule has 0 amide bonds. The van der Waals surface area contributed by atoms with Crippen LogP contribution < -0.4 is 0 Å². The highest BCUT2D eigenvalue weighted by molar-refractivity contribution is 7.89. The minimum atomic E-state index is -3.91. The Morgan fingerprint density at radius 3 is 2.62 bits per heavy atom. The molecule has 1 atom stereocenters. The summed E-state index contributed by atoms with van der Waals surface area (Å²) in [4.78, 5) is 10.8. The molecular weight excluding hydrogens is 298 g/mol. The van der Waals surface area contributed by atoms with E-state index in [9.17, 15) is 23.4 Å². The molecule has 0 radical (unpaired) electrons. The predicted molar refractivity (Wildman–Crippen MR) is 73.7 cm³/mol. The number of hydrogen-bond acceptors (Lipinski definition) is 5. The zero-order valence-electron chi connectivity index (χ0n) is 11.5. The number of carbonyl (C=O) groups is 1. The Balaban J connectivity index is 2.40. The lowest BCUT2D eigenvalue weighted by Gasteiger charge is -2.35. The van der Waals surface area contributed by atoms with Gasteiger partial charge in [-0.3, -0.25) is 0 Å². The first-order valence-corrected chi connectivity index (χ1v) is 7.86. The number of aliphatic hydroxyl groups is 1. The standard InChI is InChI=1S/C13H17NO6S/c1-13(18)5-2-6-14(8-13)21(19,20)9-3-4-11(15)10(7-9)12(16)17/h3-4,7,15,18H,2,5-6,8H2,1H3,(H,16,17). The fourth-order valence-corrected chi connectivity index (χ4v) is 4.00. The van der Waals surface area contributed by atoms with Crippen LogP contribution in [0.3, 0.4) is 0 Å². The third-order valence-corrected chi connectivity index (χ3v) is 5.32. The van der Waals surface area contributed by atoms with E-state index in [0.29, 0.717) is 12.8 Å². The molecule has 1 aromatic carbocycles. The van der Waals surface area contributed by atoms with Crippen LogP contribution in [0, 0.1) is 0 Å². The lowest BCUT2D eigenvalue weighted by molar-refractivity contribution is 0.00938. The molecule has 1 unspecified atom stereocenters. The Hall–Kier alpha value is -1.64. The lowest BCUT2D eigenvalue weighted by atomic mass is 9.97. The van der Waals surface area contributed by atoms with Crippen LogP contribution in [-0.4, -0.2) is 52.7 Å². The van der Waals surface area contributed by atoms with E-state index in [2.05, 4.69) is 0 Å². The summed E-state index contributed by atoms with van der Waals surface area (Å²) in [5, 5.41) is 28.4. The number of hydrogen-bond donors (Lipinski definition) is 3. The fraction of sp³-hybridized carbons (Fsp3) is 0.462. The second-order valence-corrected chi connectivity index (χ2v) is 7.36. The van der Waals surface area contributed by atoms with Crippen LogP contribution in [0.1, 0.15) is 30.1 Å². The van der Waals surface area contributed by atoms with Crippen LogP contribution in [0.4, 0.5) is 0 Å². The van der Waals surface area contributed by atoms with E-state index in [1.807, 2.05) is 0 Å². The summed E-state index contributed by atoms with van der Waals surface area (Å²) in [6.07, 6.45) is 1.03. The Kier molecular flexibility index (Phi) is 3.96. The number of β-amino-alcohol motifs (C(OH)–C–C–N with tert-alkyl or cyclic N) is 1. The van der Waals surface area contributed by atoms with Crippen molar-refractivity contribution in [1.82, 2.24) is 4.31 Å². The van der Waals surface area contributed by atoms with E-state index in [1.165, 1.54) is 0 Å². The third kappa shape index (κ3) is 3.17. The molecule has 1 heterocycles. The predicted octanol–water partition coefficient (Wildman–Crippen LogP) is 0.626. The van der Waals surface area contributed by atoms with Gasteiger partial charge < -0.3 is 15.3 Å². The molecule has 21 heavy (non-hydrogen) atoms. The van der Waals surface area contributed by atoms with Crippen molar-refractivity contribution in [3.8, 4) is 5.75 Å². The number of carboxylic acids is 1. The van der Waals surface area contributed by atoms with Gasteiger partial charge in [-0.15, -0.1) is 0 Å². The van der Waals surface area contributed by atoms with Crippen LogP contribution in [0.2, 0.25) is 0 Å². The van der Waals surface area contributed by atoms with Gasteiger partial charge in [0, 0.05) is 13.1 Å². The Labute approximate surface area is 122 Å². The molecule has 1 aliphatic rings. The maximum atomic E-state index is 12.5. The van der Waals surface area contributed by atoms with Crippen molar-refractivity contribution < 1.29 is 28.5 Å². The number of aromatic carboxylic acids is 1. The first kappa shape index (κ1) is 15.7. The summed E-state index contributed by atoms with van der Waals surface area (Å²) in [5.74, 6) is -1.90. The zero-order valence-corrected chi connectivity index (χ0v) is 12.3. The molecule has 0 aromatic heterocycles. The quantitative estimate of drug-likeness (QED) is 0.753. The summed E-state index contributed by atoms with van der Waals surface area (Å²) in [7, 11) is -3.91. The van der Waals surface area contributed by atoms with Gasteiger partial charge >= 0.3 is 5.97 Å². The zero-order chi connectivity index (χ0) is 15.8. The SMILES string of the molecule is CC1(O)CCCN(S(=O)(=O)c2ccc(O)c(C(=O)O)c2)C1. The van der Waals surface area contributed by atoms with E-state index in [4.69, 9.17) is 5.11 Å². The molecule has 116 valence electrons. The number of aromatic hydroxyl groups is 1. The molecule has 0 spiro atoms. The Bertz CT molecular complexity index is 667. The monoisotopic (exact) mass is 315 g/mol. The molecular formula is C13H17NO6S. The average Bonchev–Trinajstić information content (AvgIpc) is 2.37. The lowest BCUT2D eigenvalue weighted by Crippen LogP contribution is -2.48. The van der Waals surface area contributed by atoms with Gasteiger partial charge in [-0.05, 0) is 38.0 Å². The molecule has 0 saturated carbocycles. The smallest absolute Gasteiger partial charge is 0.339 e. The molecule has 1 saturated heterocycles. The van der Waals surface area contributed by atoms with Gasteiger partial charge in [0.1, 0.15) is 11.3 Å². The fourth-order valence-electron chi connectivity index (χ4n) is 2.38. The van der Waals surface area contributed by atoms with Crippen LogP contribution in [0.25, 0.3) is 0 Å². The molecule has 2 rings (SSSR count). The molecule has 1 fully saturated rings. The molecule has 3 N–H and O–H groups in total. The number of piperidine rings is 1. The van der Waals surface area contributed by atoms with E-state index in [1.54, 1.807) is 6.92 Å². The van der Waals surface area contributed by atoms with E-state index in [-0.39, 0.29) is 18.0 Å². The first-order chi connectivity index (χ1) is 9.63. The van der Waals surface area contributed by atoms with Crippen LogP contribution in [0.15, 0.2) is 23.1 Å². The van der Waals surface area contributed by atoms with Crippen molar-refractivity contribution in [3.63, 3.8) is 0 Å². The number of phenols is 1. The van der Waals surface area contributed by atoms with Gasteiger partial charge in [0.05, 0.1) is 10.5 Å². The minimum absolute atomic E-state index is 0.0430. The number of rotatable bonds is 3. The molecule has 1 aromatic rings. The molecule has 8 heteroatoms. The summed E-state index contributed by atoms with van der Waals surface area (Å²) < 4.78 is 26.1. The molecule has 1 aliphatic heterocycles. The number of sulfonamides is 1. The summed E-state index contributed by atoms with van der Waals surface area (Å²) in [6.45, 7) is 1.79. The van der Waals surface area contributed by atoms with E-state index >= 15 is 0 Å². The van der Waals surface area contributed by atoms with Crippen molar-refractivity contribution in [2.24, 2.45) is 0 Å². The van der Waals surface area contributed by atoms with Crippen molar-refractivity contribution in [2.75, 3.05) is 13.1 Å². The van der Waals surface area contributed by atoms with Gasteiger partial charge in [0.2, 0.25) is 10.0 Å². The van der Waals surface area contributed by atoms with Crippen LogP contribution in [0.5, 0.6) is 5.75 Å². The summed E-state index contributed by atoms with van der Waals surface area (Å²) in [5.41, 5.74) is -1.57. The van der Waals surface area contributed by atoms with Gasteiger partial charge in [-0.1, -0.05) is 0 Å². The molecule has 0 aliphatic carbocycles. The normalized spacial score (nSPS) is 23.9. The van der Waals surface area contributed by atoms with Crippen molar-refractivity contribution >= 4 is 16.0 Å². The van der Waals surface area contributed by atoms with Gasteiger partial charge in [0.25, 0.3) is 0 Å². The minimum Gasteiger partial charge on any atom is -0.507 e. The van der Waals surface area contributed by atoms with Gasteiger partial charge in [-0.2, -0.15) is 4.31 Å². The van der Waals surface area contributed by atoms with Gasteiger partial charge in [-0.25, -0.2) is 13.2 Å². The summed E-state index contributed by atoms with van der Waals surface area (Å²) in [6, 6.07) is 3.12.